The van der Waals surface area contributed by atoms with Gasteiger partial charge in [0.2, 0.25) is 10.0 Å². The Morgan fingerprint density at radius 2 is 1.84 bits per heavy atom. The van der Waals surface area contributed by atoms with Gasteiger partial charge in [-0.1, -0.05) is 18.2 Å². The van der Waals surface area contributed by atoms with Crippen molar-refractivity contribution in [3.8, 4) is 0 Å². The zero-order valence-corrected chi connectivity index (χ0v) is 18.6. The number of fused-ring (bicyclic) bond motifs is 1. The van der Waals surface area contributed by atoms with Crippen LogP contribution < -0.4 is 0 Å². The van der Waals surface area contributed by atoms with Gasteiger partial charge in [-0.3, -0.25) is 4.79 Å². The van der Waals surface area contributed by atoms with E-state index in [4.69, 9.17) is 4.42 Å². The molecule has 0 N–H and O–H groups in total. The predicted molar refractivity (Wildman–Crippen MR) is 117 cm³/mol. The molecular weight excluding hydrogens is 439 g/mol. The average Bonchev–Trinajstić information content (AvgIpc) is 3.20. The molecule has 2 aromatic carbocycles. The maximum absolute atomic E-state index is 12.9. The molecule has 3 aromatic rings. The van der Waals surface area contributed by atoms with Gasteiger partial charge in [-0.15, -0.1) is 0 Å². The molecule has 2 heterocycles. The average molecular weight is 463 g/mol. The number of thioether (sulfide) groups is 1. The number of rotatable bonds is 8. The standard InChI is InChI=1S/C22H23FN2O4S2/c23-17-8-6-16(7-9-17)20(26)5-4-14-30-22-24-19-15-18(10-11-21(19)29-22)31(27,28)25-12-2-1-3-13-25/h6-11,15H,1-5,12-14H2. The van der Waals surface area contributed by atoms with Crippen LogP contribution >= 0.6 is 11.8 Å². The Balaban J connectivity index is 1.36. The number of piperidine rings is 1. The molecule has 0 unspecified atom stereocenters. The second-order valence-corrected chi connectivity index (χ2v) is 10.4. The molecule has 1 aromatic heterocycles. The van der Waals surface area contributed by atoms with E-state index in [1.54, 1.807) is 18.2 Å². The summed E-state index contributed by atoms with van der Waals surface area (Å²) in [6, 6.07) is 10.3. The lowest BCUT2D eigenvalue weighted by Crippen LogP contribution is -2.35. The van der Waals surface area contributed by atoms with Crippen LogP contribution in [0, 0.1) is 5.82 Å². The second kappa shape index (κ2) is 9.50. The first-order valence-corrected chi connectivity index (χ1v) is 12.7. The molecule has 1 fully saturated rings. The Kier molecular flexibility index (Phi) is 6.74. The van der Waals surface area contributed by atoms with Crippen molar-refractivity contribution < 1.29 is 22.0 Å². The monoisotopic (exact) mass is 462 g/mol. The molecule has 1 saturated heterocycles. The van der Waals surface area contributed by atoms with E-state index < -0.39 is 10.0 Å². The summed E-state index contributed by atoms with van der Waals surface area (Å²) < 4.78 is 45.9. The van der Waals surface area contributed by atoms with Gasteiger partial charge >= 0.3 is 0 Å². The van der Waals surface area contributed by atoms with Crippen LogP contribution in [-0.4, -0.2) is 42.3 Å². The summed E-state index contributed by atoms with van der Waals surface area (Å²) >= 11 is 1.38. The van der Waals surface area contributed by atoms with E-state index in [-0.39, 0.29) is 16.5 Å². The zero-order valence-electron chi connectivity index (χ0n) is 16.9. The van der Waals surface area contributed by atoms with Crippen molar-refractivity contribution >= 4 is 38.7 Å². The predicted octanol–water partition coefficient (Wildman–Crippen LogP) is 4.90. The Hall–Kier alpha value is -2.23. The first-order chi connectivity index (χ1) is 14.9. The number of carbonyl (C=O) groups excluding carboxylic acids is 1. The number of hydrogen-bond acceptors (Lipinski definition) is 6. The third-order valence-corrected chi connectivity index (χ3v) is 8.04. The highest BCUT2D eigenvalue weighted by Gasteiger charge is 2.26. The van der Waals surface area contributed by atoms with Crippen LogP contribution in [0.4, 0.5) is 4.39 Å². The van der Waals surface area contributed by atoms with E-state index in [9.17, 15) is 17.6 Å². The number of oxazole rings is 1. The molecule has 0 bridgehead atoms. The number of hydrogen-bond donors (Lipinski definition) is 0. The summed E-state index contributed by atoms with van der Waals surface area (Å²) in [4.78, 5) is 16.8. The van der Waals surface area contributed by atoms with Gasteiger partial charge in [-0.05, 0) is 61.7 Å². The number of nitrogens with zero attached hydrogens (tertiary/aromatic N) is 2. The number of carbonyl (C=O) groups is 1. The van der Waals surface area contributed by atoms with E-state index in [0.29, 0.717) is 53.6 Å². The summed E-state index contributed by atoms with van der Waals surface area (Å²) in [7, 11) is -3.52. The summed E-state index contributed by atoms with van der Waals surface area (Å²) in [5.74, 6) is 0.222. The highest BCUT2D eigenvalue weighted by molar-refractivity contribution is 7.99. The molecule has 164 valence electrons. The van der Waals surface area contributed by atoms with Gasteiger partial charge in [0, 0.05) is 30.8 Å². The van der Waals surface area contributed by atoms with Crippen molar-refractivity contribution in [1.29, 1.82) is 0 Å². The highest BCUT2D eigenvalue weighted by atomic mass is 32.2. The highest BCUT2D eigenvalue weighted by Crippen LogP contribution is 2.28. The van der Waals surface area contributed by atoms with Crippen LogP contribution in [0.3, 0.4) is 0 Å². The molecule has 0 aliphatic carbocycles. The molecule has 31 heavy (non-hydrogen) atoms. The van der Waals surface area contributed by atoms with Crippen LogP contribution in [-0.2, 0) is 10.0 Å². The number of Topliss-reactive ketones (excluding diaryl/α,β-unsaturated/α-hetero) is 1. The van der Waals surface area contributed by atoms with Crippen molar-refractivity contribution in [2.24, 2.45) is 0 Å². The van der Waals surface area contributed by atoms with Gasteiger partial charge in [-0.25, -0.2) is 17.8 Å². The van der Waals surface area contributed by atoms with Gasteiger partial charge < -0.3 is 4.42 Å². The molecule has 0 amide bonds. The first kappa shape index (κ1) is 22.0. The van der Waals surface area contributed by atoms with Gasteiger partial charge in [0.15, 0.2) is 11.4 Å². The minimum Gasteiger partial charge on any atom is -0.431 e. The Morgan fingerprint density at radius 1 is 1.10 bits per heavy atom. The summed E-state index contributed by atoms with van der Waals surface area (Å²) in [6.45, 7) is 1.11. The Labute approximate surface area is 184 Å². The van der Waals surface area contributed by atoms with E-state index >= 15 is 0 Å². The number of sulfonamides is 1. The molecule has 1 aliphatic rings. The smallest absolute Gasteiger partial charge is 0.256 e. The van der Waals surface area contributed by atoms with Crippen molar-refractivity contribution in [3.63, 3.8) is 0 Å². The van der Waals surface area contributed by atoms with Gasteiger partial charge in [0.25, 0.3) is 5.22 Å². The lowest BCUT2D eigenvalue weighted by Gasteiger charge is -2.25. The lowest BCUT2D eigenvalue weighted by atomic mass is 10.1. The van der Waals surface area contributed by atoms with E-state index in [1.165, 1.54) is 40.3 Å². The lowest BCUT2D eigenvalue weighted by molar-refractivity contribution is 0.0982. The molecule has 1 aliphatic heterocycles. The fourth-order valence-electron chi connectivity index (χ4n) is 3.53. The molecule has 6 nitrogen and oxygen atoms in total. The quantitative estimate of drug-likeness (QED) is 0.269. The summed E-state index contributed by atoms with van der Waals surface area (Å²) in [6.07, 6.45) is 3.79. The van der Waals surface area contributed by atoms with Crippen molar-refractivity contribution in [2.75, 3.05) is 18.8 Å². The normalized spacial score (nSPS) is 15.4. The third kappa shape index (κ3) is 5.16. The molecule has 0 radical (unpaired) electrons. The Morgan fingerprint density at radius 3 is 2.58 bits per heavy atom. The minimum absolute atomic E-state index is 0.0364. The van der Waals surface area contributed by atoms with E-state index in [2.05, 4.69) is 4.98 Å². The van der Waals surface area contributed by atoms with Crippen molar-refractivity contribution in [3.05, 3.63) is 53.8 Å². The van der Waals surface area contributed by atoms with Crippen LogP contribution in [0.1, 0.15) is 42.5 Å². The van der Waals surface area contributed by atoms with Crippen LogP contribution in [0.15, 0.2) is 57.0 Å². The third-order valence-electron chi connectivity index (χ3n) is 5.23. The first-order valence-electron chi connectivity index (χ1n) is 10.3. The fraction of sp³-hybridized carbons (Fsp3) is 0.364. The molecule has 0 spiro atoms. The number of aromatic nitrogens is 1. The van der Waals surface area contributed by atoms with Crippen molar-refractivity contribution in [2.45, 2.75) is 42.2 Å². The number of ketones is 1. The van der Waals surface area contributed by atoms with E-state index in [1.807, 2.05) is 0 Å². The molecule has 4 rings (SSSR count). The van der Waals surface area contributed by atoms with Gasteiger partial charge in [-0.2, -0.15) is 4.31 Å². The minimum atomic E-state index is -3.52. The van der Waals surface area contributed by atoms with Gasteiger partial charge in [0.05, 0.1) is 4.90 Å². The van der Waals surface area contributed by atoms with Gasteiger partial charge in [0.1, 0.15) is 11.3 Å². The fourth-order valence-corrected chi connectivity index (χ4v) is 5.85. The maximum atomic E-state index is 12.9. The molecule has 0 saturated carbocycles. The van der Waals surface area contributed by atoms with Crippen LogP contribution in [0.2, 0.25) is 0 Å². The van der Waals surface area contributed by atoms with Crippen LogP contribution in [0.25, 0.3) is 11.1 Å². The second-order valence-electron chi connectivity index (χ2n) is 7.46. The van der Waals surface area contributed by atoms with Crippen molar-refractivity contribution in [1.82, 2.24) is 9.29 Å². The zero-order chi connectivity index (χ0) is 21.8. The molecule has 9 heteroatoms. The summed E-state index contributed by atoms with van der Waals surface area (Å²) in [5.41, 5.74) is 1.53. The SMILES string of the molecule is O=C(CCCSc1nc2cc(S(=O)(=O)N3CCCCC3)ccc2o1)c1ccc(F)cc1. The summed E-state index contributed by atoms with van der Waals surface area (Å²) in [5, 5.41) is 0.441. The Bertz CT molecular complexity index is 1170. The van der Waals surface area contributed by atoms with Crippen LogP contribution in [0.5, 0.6) is 0 Å². The van der Waals surface area contributed by atoms with E-state index in [0.717, 1.165) is 19.3 Å². The largest absolute Gasteiger partial charge is 0.431 e. The number of halogens is 1. The number of benzene rings is 2. The topological polar surface area (TPSA) is 80.5 Å². The molecular formula is C22H23FN2O4S2. The molecule has 0 atom stereocenters. The maximum Gasteiger partial charge on any atom is 0.256 e.